The Morgan fingerprint density at radius 1 is 1.41 bits per heavy atom. The van der Waals surface area contributed by atoms with E-state index >= 15 is 0 Å². The first-order valence-electron chi connectivity index (χ1n) is 4.65. The van der Waals surface area contributed by atoms with Gasteiger partial charge < -0.3 is 5.32 Å². The molecule has 0 radical (unpaired) electrons. The van der Waals surface area contributed by atoms with E-state index in [1.165, 1.54) is 12.4 Å². The molecule has 4 nitrogen and oxygen atoms in total. The molecular weight excluding hydrogens is 326 g/mol. The maximum atomic E-state index is 11.7. The molecule has 0 aliphatic rings. The standard InChI is InChI=1S/C10H7BrClN3OS/c11-8-2-1-6(17-8)3-15-10(16)7-4-14-9(12)5-13-7/h1-2,4-5H,3H2,(H,15,16). The van der Waals surface area contributed by atoms with Crippen LogP contribution in [0.5, 0.6) is 0 Å². The van der Waals surface area contributed by atoms with Crippen molar-refractivity contribution in [3.8, 4) is 0 Å². The SMILES string of the molecule is O=C(NCc1ccc(Br)s1)c1cnc(Cl)cn1. The van der Waals surface area contributed by atoms with Crippen LogP contribution in [0.1, 0.15) is 15.4 Å². The molecule has 17 heavy (non-hydrogen) atoms. The van der Waals surface area contributed by atoms with Crippen molar-refractivity contribution < 1.29 is 4.79 Å². The van der Waals surface area contributed by atoms with Gasteiger partial charge in [-0.15, -0.1) is 11.3 Å². The van der Waals surface area contributed by atoms with Crippen LogP contribution in [0, 0.1) is 0 Å². The first-order chi connectivity index (χ1) is 8.15. The molecule has 0 bridgehead atoms. The number of rotatable bonds is 3. The Morgan fingerprint density at radius 2 is 2.24 bits per heavy atom. The van der Waals surface area contributed by atoms with Crippen LogP contribution in [0.2, 0.25) is 5.15 Å². The van der Waals surface area contributed by atoms with E-state index in [1.807, 2.05) is 12.1 Å². The van der Waals surface area contributed by atoms with Gasteiger partial charge in [0, 0.05) is 4.88 Å². The van der Waals surface area contributed by atoms with Crippen molar-refractivity contribution in [2.75, 3.05) is 0 Å². The number of hydrogen-bond acceptors (Lipinski definition) is 4. The number of thiophene rings is 1. The number of nitrogens with one attached hydrogen (secondary N) is 1. The molecule has 0 fully saturated rings. The van der Waals surface area contributed by atoms with Crippen LogP contribution in [0.25, 0.3) is 0 Å². The van der Waals surface area contributed by atoms with Gasteiger partial charge in [0.15, 0.2) is 0 Å². The van der Waals surface area contributed by atoms with E-state index in [2.05, 4.69) is 31.2 Å². The molecule has 0 aromatic carbocycles. The van der Waals surface area contributed by atoms with Crippen molar-refractivity contribution in [1.82, 2.24) is 15.3 Å². The minimum atomic E-state index is -0.265. The Bertz CT molecular complexity index is 529. The molecule has 7 heteroatoms. The highest BCUT2D eigenvalue weighted by atomic mass is 79.9. The van der Waals surface area contributed by atoms with Crippen molar-refractivity contribution in [3.63, 3.8) is 0 Å². The minimum Gasteiger partial charge on any atom is -0.346 e. The minimum absolute atomic E-state index is 0.255. The molecule has 1 amide bonds. The molecule has 2 rings (SSSR count). The van der Waals surface area contributed by atoms with Crippen LogP contribution < -0.4 is 5.32 Å². The number of amides is 1. The lowest BCUT2D eigenvalue weighted by Gasteiger charge is -2.02. The monoisotopic (exact) mass is 331 g/mol. The van der Waals surface area contributed by atoms with Gasteiger partial charge in [-0.05, 0) is 28.1 Å². The summed E-state index contributed by atoms with van der Waals surface area (Å²) in [4.78, 5) is 20.4. The summed E-state index contributed by atoms with van der Waals surface area (Å²) in [5, 5.41) is 3.02. The zero-order valence-electron chi connectivity index (χ0n) is 8.48. The third-order valence-electron chi connectivity index (χ3n) is 1.91. The van der Waals surface area contributed by atoms with Crippen molar-refractivity contribution in [1.29, 1.82) is 0 Å². The Kier molecular flexibility index (Phi) is 4.09. The van der Waals surface area contributed by atoms with Crippen molar-refractivity contribution in [2.24, 2.45) is 0 Å². The summed E-state index contributed by atoms with van der Waals surface area (Å²) in [7, 11) is 0. The predicted molar refractivity (Wildman–Crippen MR) is 70.2 cm³/mol. The van der Waals surface area contributed by atoms with Crippen LogP contribution in [0.3, 0.4) is 0 Å². The lowest BCUT2D eigenvalue weighted by atomic mass is 10.4. The number of aromatic nitrogens is 2. The van der Waals surface area contributed by atoms with Gasteiger partial charge in [0.1, 0.15) is 10.8 Å². The molecule has 0 atom stereocenters. The highest BCUT2D eigenvalue weighted by Gasteiger charge is 2.07. The summed E-state index contributed by atoms with van der Waals surface area (Å²) in [6.45, 7) is 0.472. The van der Waals surface area contributed by atoms with E-state index in [0.29, 0.717) is 6.54 Å². The zero-order chi connectivity index (χ0) is 12.3. The summed E-state index contributed by atoms with van der Waals surface area (Å²) < 4.78 is 1.04. The van der Waals surface area contributed by atoms with Crippen molar-refractivity contribution in [2.45, 2.75) is 6.54 Å². The van der Waals surface area contributed by atoms with E-state index in [4.69, 9.17) is 11.6 Å². The molecule has 2 aromatic heterocycles. The quantitative estimate of drug-likeness (QED) is 0.940. The fraction of sp³-hybridized carbons (Fsp3) is 0.100. The van der Waals surface area contributed by atoms with Crippen molar-refractivity contribution >= 4 is 44.8 Å². The summed E-state index contributed by atoms with van der Waals surface area (Å²) in [6.07, 6.45) is 2.69. The van der Waals surface area contributed by atoms with Gasteiger partial charge in [0.2, 0.25) is 0 Å². The lowest BCUT2D eigenvalue weighted by Crippen LogP contribution is -2.23. The van der Waals surface area contributed by atoms with Gasteiger partial charge in [-0.2, -0.15) is 0 Å². The molecule has 2 aromatic rings. The number of nitrogens with zero attached hydrogens (tertiary/aromatic N) is 2. The van der Waals surface area contributed by atoms with E-state index in [9.17, 15) is 4.79 Å². The van der Waals surface area contributed by atoms with E-state index < -0.39 is 0 Å². The summed E-state index contributed by atoms with van der Waals surface area (Å²) in [6, 6.07) is 3.89. The maximum absolute atomic E-state index is 11.7. The van der Waals surface area contributed by atoms with Crippen LogP contribution in [-0.4, -0.2) is 15.9 Å². The van der Waals surface area contributed by atoms with E-state index in [-0.39, 0.29) is 16.8 Å². The summed E-state index contributed by atoms with van der Waals surface area (Å²) in [5.74, 6) is -0.265. The molecule has 0 aliphatic heterocycles. The van der Waals surface area contributed by atoms with Gasteiger partial charge in [0.25, 0.3) is 5.91 Å². The predicted octanol–water partition coefficient (Wildman–Crippen LogP) is 2.88. The first kappa shape index (κ1) is 12.5. The number of carbonyl (C=O) groups is 1. The van der Waals surface area contributed by atoms with Crippen LogP contribution in [0.15, 0.2) is 28.3 Å². The lowest BCUT2D eigenvalue weighted by molar-refractivity contribution is 0.0946. The van der Waals surface area contributed by atoms with Crippen LogP contribution in [0.4, 0.5) is 0 Å². The molecule has 0 spiro atoms. The molecule has 88 valence electrons. The van der Waals surface area contributed by atoms with Gasteiger partial charge in [-0.3, -0.25) is 4.79 Å². The first-order valence-corrected chi connectivity index (χ1v) is 6.64. The smallest absolute Gasteiger partial charge is 0.271 e. The molecule has 2 heterocycles. The fourth-order valence-corrected chi connectivity index (χ4v) is 2.65. The topological polar surface area (TPSA) is 54.9 Å². The maximum Gasteiger partial charge on any atom is 0.271 e. The molecule has 0 aliphatic carbocycles. The van der Waals surface area contributed by atoms with Gasteiger partial charge in [0.05, 0.1) is 22.7 Å². The second-order valence-corrected chi connectivity index (χ2v) is 6.05. The second-order valence-electron chi connectivity index (χ2n) is 3.11. The normalized spacial score (nSPS) is 10.2. The molecule has 1 N–H and O–H groups in total. The van der Waals surface area contributed by atoms with Gasteiger partial charge in [-0.1, -0.05) is 11.6 Å². The Balaban J connectivity index is 1.95. The molecular formula is C10H7BrClN3OS. The average Bonchev–Trinajstić information content (AvgIpc) is 2.73. The zero-order valence-corrected chi connectivity index (χ0v) is 11.6. The van der Waals surface area contributed by atoms with Crippen molar-refractivity contribution in [3.05, 3.63) is 44.0 Å². The fourth-order valence-electron chi connectivity index (χ4n) is 1.13. The third kappa shape index (κ3) is 3.49. The van der Waals surface area contributed by atoms with Crippen LogP contribution >= 0.6 is 38.9 Å². The van der Waals surface area contributed by atoms with E-state index in [0.717, 1.165) is 8.66 Å². The highest BCUT2D eigenvalue weighted by molar-refractivity contribution is 9.11. The van der Waals surface area contributed by atoms with Gasteiger partial charge in [-0.25, -0.2) is 9.97 Å². The Labute approximate surface area is 115 Å². The summed E-state index contributed by atoms with van der Waals surface area (Å²) in [5.41, 5.74) is 0.255. The molecule has 0 saturated heterocycles. The highest BCUT2D eigenvalue weighted by Crippen LogP contribution is 2.21. The summed E-state index contributed by atoms with van der Waals surface area (Å²) >= 11 is 10.5. The Morgan fingerprint density at radius 3 is 2.82 bits per heavy atom. The molecule has 0 unspecified atom stereocenters. The third-order valence-corrected chi connectivity index (χ3v) is 3.72. The molecule has 0 saturated carbocycles. The van der Waals surface area contributed by atoms with E-state index in [1.54, 1.807) is 11.3 Å². The van der Waals surface area contributed by atoms with Gasteiger partial charge >= 0.3 is 0 Å². The second kappa shape index (κ2) is 5.57. The number of halogens is 2. The van der Waals surface area contributed by atoms with Crippen LogP contribution in [-0.2, 0) is 6.54 Å². The number of hydrogen-bond donors (Lipinski definition) is 1. The number of carbonyl (C=O) groups excluding carboxylic acids is 1. The largest absolute Gasteiger partial charge is 0.346 e. The average molecular weight is 333 g/mol. The Hall–Kier alpha value is -0.980.